The van der Waals surface area contributed by atoms with Crippen LogP contribution in [0.1, 0.15) is 89.8 Å². The lowest BCUT2D eigenvalue weighted by Gasteiger charge is -2.40. The van der Waals surface area contributed by atoms with Gasteiger partial charge in [0.1, 0.15) is 12.4 Å². The quantitative estimate of drug-likeness (QED) is 0.0589. The van der Waals surface area contributed by atoms with Crippen molar-refractivity contribution in [3.05, 3.63) is 102 Å². The summed E-state index contributed by atoms with van der Waals surface area (Å²) in [6.07, 6.45) is 3.69. The highest BCUT2D eigenvalue weighted by Gasteiger charge is 2.40. The Hall–Kier alpha value is -2.97. The Kier molecular flexibility index (Phi) is 16.7. The molecule has 4 unspecified atom stereocenters. The van der Waals surface area contributed by atoms with E-state index in [0.29, 0.717) is 57.9 Å². The second-order valence-corrected chi connectivity index (χ2v) is 20.2. The number of esters is 1. The van der Waals surface area contributed by atoms with E-state index in [2.05, 4.69) is 121 Å². The van der Waals surface area contributed by atoms with Crippen LogP contribution in [0.5, 0.6) is 5.75 Å². The van der Waals surface area contributed by atoms with Gasteiger partial charge in [0.2, 0.25) is 0 Å². The van der Waals surface area contributed by atoms with E-state index in [1.807, 2.05) is 19.1 Å². The SMILES string of the molecule is CCC(C)CC(CC(CC(C)C(=O)OC)(c1ccccc1)c1ccc(OCCOCCOCCO[Si](C)(C)C(C)(C)C)cc1)c1ccccc1. The molecule has 0 aliphatic rings. The lowest BCUT2D eigenvalue weighted by Crippen LogP contribution is -2.41. The second-order valence-electron chi connectivity index (χ2n) is 15.3. The zero-order valence-corrected chi connectivity index (χ0v) is 33.3. The van der Waals surface area contributed by atoms with Gasteiger partial charge in [0.25, 0.3) is 0 Å². The minimum absolute atomic E-state index is 0.187. The molecule has 276 valence electrons. The molecular formula is C43H64O6Si. The zero-order valence-electron chi connectivity index (χ0n) is 32.3. The third-order valence-corrected chi connectivity index (χ3v) is 15.1. The van der Waals surface area contributed by atoms with Crippen LogP contribution in [0.15, 0.2) is 84.9 Å². The summed E-state index contributed by atoms with van der Waals surface area (Å²) >= 11 is 0. The number of carbonyl (C=O) groups is 1. The molecule has 3 rings (SSSR count). The number of rotatable bonds is 22. The van der Waals surface area contributed by atoms with Gasteiger partial charge in [0.05, 0.1) is 46.1 Å². The first-order valence-electron chi connectivity index (χ1n) is 18.5. The van der Waals surface area contributed by atoms with E-state index in [1.165, 1.54) is 23.8 Å². The van der Waals surface area contributed by atoms with Crippen molar-refractivity contribution in [3.63, 3.8) is 0 Å². The van der Waals surface area contributed by atoms with Crippen LogP contribution in [0, 0.1) is 11.8 Å². The van der Waals surface area contributed by atoms with Gasteiger partial charge < -0.3 is 23.4 Å². The number of hydrogen-bond donors (Lipinski definition) is 0. The molecule has 7 heteroatoms. The average Bonchev–Trinajstić information content (AvgIpc) is 3.11. The molecule has 0 aromatic heterocycles. The van der Waals surface area contributed by atoms with Crippen molar-refractivity contribution < 1.29 is 28.2 Å². The number of hydrogen-bond acceptors (Lipinski definition) is 6. The average molecular weight is 705 g/mol. The molecular weight excluding hydrogens is 641 g/mol. The Morgan fingerprint density at radius 3 is 1.82 bits per heavy atom. The molecule has 0 saturated carbocycles. The predicted octanol–water partition coefficient (Wildman–Crippen LogP) is 10.2. The summed E-state index contributed by atoms with van der Waals surface area (Å²) < 4.78 is 29.0. The van der Waals surface area contributed by atoms with Crippen molar-refractivity contribution >= 4 is 14.3 Å². The summed E-state index contributed by atoms with van der Waals surface area (Å²) in [5, 5.41) is 0.197. The maximum atomic E-state index is 12.9. The Morgan fingerprint density at radius 1 is 0.720 bits per heavy atom. The van der Waals surface area contributed by atoms with Crippen LogP contribution >= 0.6 is 0 Å². The fourth-order valence-corrected chi connectivity index (χ4v) is 7.43. The highest BCUT2D eigenvalue weighted by atomic mass is 28.4. The number of methoxy groups -OCH3 is 1. The number of ether oxygens (including phenoxy) is 4. The molecule has 0 aliphatic heterocycles. The van der Waals surface area contributed by atoms with Gasteiger partial charge in [-0.2, -0.15) is 0 Å². The molecule has 50 heavy (non-hydrogen) atoms. The molecule has 0 fully saturated rings. The molecule has 0 radical (unpaired) electrons. The topological polar surface area (TPSA) is 63.2 Å². The maximum absolute atomic E-state index is 12.9. The minimum Gasteiger partial charge on any atom is -0.491 e. The Balaban J connectivity index is 1.72. The molecule has 6 nitrogen and oxygen atoms in total. The second kappa shape index (κ2) is 20.2. The molecule has 0 saturated heterocycles. The van der Waals surface area contributed by atoms with Crippen LogP contribution in [0.25, 0.3) is 0 Å². The van der Waals surface area contributed by atoms with Crippen LogP contribution in [0.3, 0.4) is 0 Å². The van der Waals surface area contributed by atoms with Crippen LogP contribution < -0.4 is 4.74 Å². The molecule has 0 N–H and O–H groups in total. The smallest absolute Gasteiger partial charge is 0.308 e. The van der Waals surface area contributed by atoms with Crippen molar-refractivity contribution in [1.82, 2.24) is 0 Å². The largest absolute Gasteiger partial charge is 0.491 e. The summed E-state index contributed by atoms with van der Waals surface area (Å²) in [6, 6.07) is 30.0. The van der Waals surface area contributed by atoms with Gasteiger partial charge in [0.15, 0.2) is 8.32 Å². The zero-order chi connectivity index (χ0) is 36.6. The summed E-state index contributed by atoms with van der Waals surface area (Å²) in [6.45, 7) is 21.0. The Labute approximate surface area is 304 Å². The van der Waals surface area contributed by atoms with E-state index < -0.39 is 13.7 Å². The monoisotopic (exact) mass is 704 g/mol. The normalized spacial score (nSPS) is 15.1. The summed E-state index contributed by atoms with van der Waals surface area (Å²) in [7, 11) is -0.265. The van der Waals surface area contributed by atoms with Crippen molar-refractivity contribution in [3.8, 4) is 5.75 Å². The van der Waals surface area contributed by atoms with E-state index >= 15 is 0 Å². The van der Waals surface area contributed by atoms with E-state index in [9.17, 15) is 4.79 Å². The lowest BCUT2D eigenvalue weighted by molar-refractivity contribution is -0.145. The van der Waals surface area contributed by atoms with Crippen LogP contribution in [0.4, 0.5) is 0 Å². The van der Waals surface area contributed by atoms with E-state index in [-0.39, 0.29) is 16.9 Å². The van der Waals surface area contributed by atoms with E-state index in [1.54, 1.807) is 0 Å². The maximum Gasteiger partial charge on any atom is 0.308 e. The van der Waals surface area contributed by atoms with Gasteiger partial charge in [-0.1, -0.05) is 121 Å². The molecule has 0 spiro atoms. The number of carbonyl (C=O) groups excluding carboxylic acids is 1. The van der Waals surface area contributed by atoms with Gasteiger partial charge in [-0.3, -0.25) is 4.79 Å². The third kappa shape index (κ3) is 12.4. The van der Waals surface area contributed by atoms with E-state index in [4.69, 9.17) is 23.4 Å². The van der Waals surface area contributed by atoms with Crippen LogP contribution in [-0.2, 0) is 28.8 Å². The Morgan fingerprint density at radius 2 is 1.26 bits per heavy atom. The van der Waals surface area contributed by atoms with Crippen molar-refractivity contribution in [1.29, 1.82) is 0 Å². The van der Waals surface area contributed by atoms with Gasteiger partial charge >= 0.3 is 5.97 Å². The highest BCUT2D eigenvalue weighted by Crippen LogP contribution is 2.47. The molecule has 0 aliphatic carbocycles. The molecule has 3 aromatic rings. The molecule has 0 heterocycles. The third-order valence-electron chi connectivity index (χ3n) is 10.6. The predicted molar refractivity (Wildman–Crippen MR) is 208 cm³/mol. The minimum atomic E-state index is -1.74. The van der Waals surface area contributed by atoms with Crippen molar-refractivity contribution in [2.45, 2.75) is 96.7 Å². The van der Waals surface area contributed by atoms with Gasteiger partial charge in [0, 0.05) is 5.41 Å². The molecule has 0 amide bonds. The summed E-state index contributed by atoms with van der Waals surface area (Å²) in [4.78, 5) is 12.9. The number of benzene rings is 3. The summed E-state index contributed by atoms with van der Waals surface area (Å²) in [5.74, 6) is 1.18. The first kappa shape index (κ1) is 41.4. The highest BCUT2D eigenvalue weighted by molar-refractivity contribution is 6.74. The van der Waals surface area contributed by atoms with Crippen molar-refractivity contribution in [2.75, 3.05) is 46.8 Å². The van der Waals surface area contributed by atoms with Gasteiger partial charge in [-0.25, -0.2) is 0 Å². The van der Waals surface area contributed by atoms with Crippen LogP contribution in [-0.4, -0.2) is 61.0 Å². The van der Waals surface area contributed by atoms with Gasteiger partial charge in [-0.05, 0) is 78.1 Å². The molecule has 4 atom stereocenters. The first-order chi connectivity index (χ1) is 23.8. The summed E-state index contributed by atoms with van der Waals surface area (Å²) in [5.41, 5.74) is 3.28. The fourth-order valence-electron chi connectivity index (χ4n) is 6.40. The van der Waals surface area contributed by atoms with Crippen molar-refractivity contribution in [2.24, 2.45) is 11.8 Å². The first-order valence-corrected chi connectivity index (χ1v) is 21.4. The lowest BCUT2D eigenvalue weighted by atomic mass is 9.63. The van der Waals surface area contributed by atoms with Crippen LogP contribution in [0.2, 0.25) is 18.1 Å². The Bertz CT molecular complexity index is 1370. The molecule has 3 aromatic carbocycles. The standard InChI is InChI=1S/C43H64O6Si/c1-10-34(2)31-37(36-17-13-11-14-18-36)33-43(32-35(3)41(44)45-7,38-19-15-12-16-20-38)39-21-23-40(24-22-39)48-29-27-46-25-26-47-28-30-49-50(8,9)42(4,5)6/h11-24,34-35,37H,10,25-33H2,1-9H3. The fraction of sp³-hybridized carbons (Fsp3) is 0.558. The van der Waals surface area contributed by atoms with Gasteiger partial charge in [-0.15, -0.1) is 0 Å². The molecule has 0 bridgehead atoms. The van der Waals surface area contributed by atoms with E-state index in [0.717, 1.165) is 25.0 Å².